The summed E-state index contributed by atoms with van der Waals surface area (Å²) in [6.07, 6.45) is -4.47. The summed E-state index contributed by atoms with van der Waals surface area (Å²) in [6.45, 7) is 1.47. The fourth-order valence-corrected chi connectivity index (χ4v) is 1.24. The van der Waals surface area contributed by atoms with Crippen LogP contribution in [0.2, 0.25) is 0 Å². The first-order chi connectivity index (χ1) is 7.90. The molecule has 0 aliphatic rings. The molecule has 0 saturated heterocycles. The smallest absolute Gasteiger partial charge is 0.416 e. The van der Waals surface area contributed by atoms with Crippen molar-refractivity contribution in [1.29, 1.82) is 0 Å². The number of halogens is 3. The molecule has 0 amide bonds. The van der Waals surface area contributed by atoms with Gasteiger partial charge in [0.05, 0.1) is 18.2 Å². The van der Waals surface area contributed by atoms with E-state index < -0.39 is 17.5 Å². The number of hydrogen-bond acceptors (Lipinski definition) is 2. The van der Waals surface area contributed by atoms with Gasteiger partial charge in [-0.05, 0) is 31.0 Å². The van der Waals surface area contributed by atoms with E-state index in [9.17, 15) is 18.0 Å². The SMILES string of the molecule is CC#CC(=O)c1ccc(C(F)(F)F)cc1OC. The lowest BCUT2D eigenvalue weighted by Crippen LogP contribution is -2.07. The highest BCUT2D eigenvalue weighted by Crippen LogP contribution is 2.33. The summed E-state index contributed by atoms with van der Waals surface area (Å²) in [5, 5.41) is 0. The number of alkyl halides is 3. The van der Waals surface area contributed by atoms with Gasteiger partial charge in [0.15, 0.2) is 0 Å². The molecule has 1 aromatic rings. The van der Waals surface area contributed by atoms with Gasteiger partial charge in [0.1, 0.15) is 5.75 Å². The molecule has 0 heterocycles. The van der Waals surface area contributed by atoms with E-state index in [0.717, 1.165) is 18.2 Å². The minimum atomic E-state index is -4.47. The summed E-state index contributed by atoms with van der Waals surface area (Å²) in [7, 11) is 1.20. The number of methoxy groups -OCH3 is 1. The number of hydrogen-bond donors (Lipinski definition) is 0. The maximum absolute atomic E-state index is 12.4. The standard InChI is InChI=1S/C12H9F3O2/c1-3-4-10(16)9-6-5-8(12(13,14)15)7-11(9)17-2/h5-7H,1-2H3. The van der Waals surface area contributed by atoms with Crippen LogP contribution in [0.25, 0.3) is 0 Å². The third kappa shape index (κ3) is 3.00. The van der Waals surface area contributed by atoms with Crippen LogP contribution in [-0.4, -0.2) is 12.9 Å². The number of carbonyl (C=O) groups excluding carboxylic acids is 1. The summed E-state index contributed by atoms with van der Waals surface area (Å²) in [4.78, 5) is 11.5. The largest absolute Gasteiger partial charge is 0.496 e. The molecule has 5 heteroatoms. The Morgan fingerprint density at radius 1 is 1.35 bits per heavy atom. The van der Waals surface area contributed by atoms with E-state index in [1.165, 1.54) is 14.0 Å². The van der Waals surface area contributed by atoms with Crippen molar-refractivity contribution in [3.05, 3.63) is 29.3 Å². The van der Waals surface area contributed by atoms with Crippen LogP contribution in [0, 0.1) is 11.8 Å². The van der Waals surface area contributed by atoms with Gasteiger partial charge in [-0.1, -0.05) is 5.92 Å². The minimum Gasteiger partial charge on any atom is -0.496 e. The zero-order valence-corrected chi connectivity index (χ0v) is 9.18. The van der Waals surface area contributed by atoms with Crippen molar-refractivity contribution < 1.29 is 22.7 Å². The Bertz CT molecular complexity index is 493. The van der Waals surface area contributed by atoms with Crippen LogP contribution >= 0.6 is 0 Å². The molecule has 0 radical (unpaired) electrons. The Hall–Kier alpha value is -1.96. The van der Waals surface area contributed by atoms with E-state index in [4.69, 9.17) is 4.74 Å². The maximum Gasteiger partial charge on any atom is 0.416 e. The van der Waals surface area contributed by atoms with E-state index in [0.29, 0.717) is 0 Å². The highest BCUT2D eigenvalue weighted by molar-refractivity contribution is 6.10. The number of benzene rings is 1. The molecule has 0 N–H and O–H groups in total. The van der Waals surface area contributed by atoms with Gasteiger partial charge in [-0.2, -0.15) is 13.2 Å². The van der Waals surface area contributed by atoms with Crippen molar-refractivity contribution in [3.63, 3.8) is 0 Å². The zero-order chi connectivity index (χ0) is 13.1. The molecule has 0 atom stereocenters. The van der Waals surface area contributed by atoms with Crippen molar-refractivity contribution in [2.45, 2.75) is 13.1 Å². The second kappa shape index (κ2) is 4.91. The highest BCUT2D eigenvalue weighted by Gasteiger charge is 2.31. The van der Waals surface area contributed by atoms with E-state index >= 15 is 0 Å². The van der Waals surface area contributed by atoms with Gasteiger partial charge in [-0.3, -0.25) is 4.79 Å². The third-order valence-electron chi connectivity index (χ3n) is 2.01. The van der Waals surface area contributed by atoms with Gasteiger partial charge in [0.25, 0.3) is 0 Å². The van der Waals surface area contributed by atoms with E-state index in [2.05, 4.69) is 11.8 Å². The highest BCUT2D eigenvalue weighted by atomic mass is 19.4. The second-order valence-corrected chi connectivity index (χ2v) is 3.12. The Kier molecular flexibility index (Phi) is 3.79. The first-order valence-corrected chi connectivity index (χ1v) is 4.62. The molecule has 0 aromatic heterocycles. The minimum absolute atomic E-state index is 0.0230. The van der Waals surface area contributed by atoms with Crippen LogP contribution in [0.15, 0.2) is 18.2 Å². The van der Waals surface area contributed by atoms with Gasteiger partial charge in [-0.25, -0.2) is 0 Å². The number of Topliss-reactive ketones (excluding diaryl/α,β-unsaturated/α-hetero) is 1. The fourth-order valence-electron chi connectivity index (χ4n) is 1.24. The molecule has 0 aliphatic heterocycles. The zero-order valence-electron chi connectivity index (χ0n) is 9.18. The van der Waals surface area contributed by atoms with Crippen LogP contribution in [0.1, 0.15) is 22.8 Å². The van der Waals surface area contributed by atoms with Crippen LogP contribution in [0.4, 0.5) is 13.2 Å². The van der Waals surface area contributed by atoms with Crippen molar-refractivity contribution >= 4 is 5.78 Å². The third-order valence-corrected chi connectivity index (χ3v) is 2.01. The lowest BCUT2D eigenvalue weighted by Gasteiger charge is -2.10. The lowest BCUT2D eigenvalue weighted by atomic mass is 10.1. The topological polar surface area (TPSA) is 26.3 Å². The van der Waals surface area contributed by atoms with Crippen molar-refractivity contribution in [1.82, 2.24) is 0 Å². The van der Waals surface area contributed by atoms with E-state index in [1.54, 1.807) is 0 Å². The average molecular weight is 242 g/mol. The normalized spacial score (nSPS) is 10.4. The van der Waals surface area contributed by atoms with E-state index in [1.807, 2.05) is 0 Å². The summed E-state index contributed by atoms with van der Waals surface area (Å²) in [5.74, 6) is 3.93. The summed E-state index contributed by atoms with van der Waals surface area (Å²) in [6, 6.07) is 2.67. The van der Waals surface area contributed by atoms with Crippen LogP contribution in [0.5, 0.6) is 5.75 Å². The molecule has 0 aliphatic carbocycles. The van der Waals surface area contributed by atoms with Crippen LogP contribution in [0.3, 0.4) is 0 Å². The summed E-state index contributed by atoms with van der Waals surface area (Å²) >= 11 is 0. The molecule has 2 nitrogen and oxygen atoms in total. The number of rotatable bonds is 2. The van der Waals surface area contributed by atoms with E-state index in [-0.39, 0.29) is 11.3 Å². The quantitative estimate of drug-likeness (QED) is 0.453. The first kappa shape index (κ1) is 13.1. The molecule has 0 bridgehead atoms. The number of ketones is 1. The molecule has 1 aromatic carbocycles. The molecule has 17 heavy (non-hydrogen) atoms. The number of ether oxygens (including phenoxy) is 1. The molecule has 0 unspecified atom stereocenters. The summed E-state index contributed by atoms with van der Waals surface area (Å²) < 4.78 is 42.0. The van der Waals surface area contributed by atoms with Crippen LogP contribution < -0.4 is 4.74 Å². The van der Waals surface area contributed by atoms with Gasteiger partial charge in [0.2, 0.25) is 5.78 Å². The van der Waals surface area contributed by atoms with Crippen molar-refractivity contribution in [2.24, 2.45) is 0 Å². The Labute approximate surface area is 96.4 Å². The number of carbonyl (C=O) groups is 1. The molecular formula is C12H9F3O2. The predicted octanol–water partition coefficient (Wildman–Crippen LogP) is 2.92. The summed E-state index contributed by atoms with van der Waals surface area (Å²) in [5.41, 5.74) is -0.842. The molecule has 0 fully saturated rings. The first-order valence-electron chi connectivity index (χ1n) is 4.62. The second-order valence-electron chi connectivity index (χ2n) is 3.12. The van der Waals surface area contributed by atoms with Gasteiger partial charge < -0.3 is 4.74 Å². The Balaban J connectivity index is 3.27. The van der Waals surface area contributed by atoms with Gasteiger partial charge in [0, 0.05) is 0 Å². The van der Waals surface area contributed by atoms with Crippen molar-refractivity contribution in [3.8, 4) is 17.6 Å². The molecule has 0 spiro atoms. The Morgan fingerprint density at radius 3 is 2.47 bits per heavy atom. The molecule has 1 rings (SSSR count). The maximum atomic E-state index is 12.4. The molecular weight excluding hydrogens is 233 g/mol. The monoisotopic (exact) mass is 242 g/mol. The van der Waals surface area contributed by atoms with Gasteiger partial charge in [-0.15, -0.1) is 0 Å². The molecule has 90 valence electrons. The average Bonchev–Trinajstić information content (AvgIpc) is 2.27. The van der Waals surface area contributed by atoms with Crippen LogP contribution in [-0.2, 0) is 6.18 Å². The fraction of sp³-hybridized carbons (Fsp3) is 0.250. The lowest BCUT2D eigenvalue weighted by molar-refractivity contribution is -0.137. The molecule has 0 saturated carbocycles. The van der Waals surface area contributed by atoms with Crippen molar-refractivity contribution in [2.75, 3.05) is 7.11 Å². The predicted molar refractivity (Wildman–Crippen MR) is 55.8 cm³/mol. The Morgan fingerprint density at radius 2 is 2.00 bits per heavy atom. The van der Waals surface area contributed by atoms with Gasteiger partial charge >= 0.3 is 6.18 Å².